The first-order valence-corrected chi connectivity index (χ1v) is 4.18. The number of ether oxygens (including phenoxy) is 1. The molecule has 0 spiro atoms. The van der Waals surface area contributed by atoms with Gasteiger partial charge in [-0.05, 0) is 19.3 Å². The lowest BCUT2D eigenvalue weighted by Crippen LogP contribution is -2.21. The quantitative estimate of drug-likeness (QED) is 0.508. The second kappa shape index (κ2) is 4.26. The van der Waals surface area contributed by atoms with Crippen LogP contribution in [0.15, 0.2) is 11.6 Å². The van der Waals surface area contributed by atoms with Crippen LogP contribution < -0.4 is 0 Å². The highest BCUT2D eigenvalue weighted by molar-refractivity contribution is 5.74. The number of rotatable bonds is 3. The van der Waals surface area contributed by atoms with Crippen LogP contribution in [-0.4, -0.2) is 24.3 Å². The van der Waals surface area contributed by atoms with Gasteiger partial charge in [-0.15, -0.1) is 0 Å². The first-order chi connectivity index (χ1) is 5.74. The number of aliphatic hydroxyl groups excluding tert-OH is 1. The molecule has 0 amide bonds. The summed E-state index contributed by atoms with van der Waals surface area (Å²) in [6.07, 6.45) is 4.78. The van der Waals surface area contributed by atoms with Crippen molar-refractivity contribution in [1.82, 2.24) is 0 Å². The van der Waals surface area contributed by atoms with Crippen molar-refractivity contribution in [3.05, 3.63) is 11.6 Å². The van der Waals surface area contributed by atoms with Crippen molar-refractivity contribution in [3.8, 4) is 0 Å². The topological polar surface area (TPSA) is 46.5 Å². The average molecular weight is 170 g/mol. The zero-order valence-electron chi connectivity index (χ0n) is 7.25. The van der Waals surface area contributed by atoms with E-state index in [4.69, 9.17) is 0 Å². The number of esters is 1. The lowest BCUT2D eigenvalue weighted by atomic mass is 10.1. The van der Waals surface area contributed by atoms with Crippen molar-refractivity contribution >= 4 is 5.97 Å². The Morgan fingerprint density at radius 2 is 2.58 bits per heavy atom. The molecule has 0 saturated heterocycles. The van der Waals surface area contributed by atoms with E-state index in [1.165, 1.54) is 12.7 Å². The Kier molecular flexibility index (Phi) is 3.29. The molecule has 1 rings (SSSR count). The summed E-state index contributed by atoms with van der Waals surface area (Å²) in [7, 11) is 1.29. The van der Waals surface area contributed by atoms with Crippen molar-refractivity contribution in [2.45, 2.75) is 31.8 Å². The summed E-state index contributed by atoms with van der Waals surface area (Å²) in [5.41, 5.74) is 1.17. The number of hydrogen-bond acceptors (Lipinski definition) is 3. The molecule has 0 aromatic heterocycles. The minimum Gasteiger partial charge on any atom is -0.467 e. The molecule has 1 unspecified atom stereocenters. The normalized spacial score (nSPS) is 18.7. The minimum absolute atomic E-state index is 0.437. The van der Waals surface area contributed by atoms with Crippen LogP contribution in [0.4, 0.5) is 0 Å². The van der Waals surface area contributed by atoms with Gasteiger partial charge in [0.15, 0.2) is 6.10 Å². The van der Waals surface area contributed by atoms with Crippen LogP contribution in [0, 0.1) is 0 Å². The van der Waals surface area contributed by atoms with E-state index in [1.807, 2.05) is 0 Å². The molecular weight excluding hydrogens is 156 g/mol. The van der Waals surface area contributed by atoms with E-state index in [9.17, 15) is 9.90 Å². The van der Waals surface area contributed by atoms with E-state index >= 15 is 0 Å². The summed E-state index contributed by atoms with van der Waals surface area (Å²) in [4.78, 5) is 10.8. The van der Waals surface area contributed by atoms with Gasteiger partial charge in [0.1, 0.15) is 0 Å². The number of methoxy groups -OCH3 is 1. The Hall–Kier alpha value is -0.830. The van der Waals surface area contributed by atoms with Crippen molar-refractivity contribution < 1.29 is 14.6 Å². The highest BCUT2D eigenvalue weighted by Crippen LogP contribution is 2.21. The second-order valence-corrected chi connectivity index (χ2v) is 3.00. The van der Waals surface area contributed by atoms with Crippen molar-refractivity contribution in [2.24, 2.45) is 0 Å². The molecule has 0 fully saturated rings. The summed E-state index contributed by atoms with van der Waals surface area (Å²) < 4.78 is 4.41. The largest absolute Gasteiger partial charge is 0.467 e. The van der Waals surface area contributed by atoms with E-state index in [0.29, 0.717) is 6.42 Å². The maximum Gasteiger partial charge on any atom is 0.335 e. The zero-order chi connectivity index (χ0) is 8.97. The van der Waals surface area contributed by atoms with Gasteiger partial charge in [0, 0.05) is 6.42 Å². The number of allylic oxidation sites excluding steroid dienone is 1. The van der Waals surface area contributed by atoms with Crippen LogP contribution in [0.25, 0.3) is 0 Å². The fourth-order valence-electron chi connectivity index (χ4n) is 1.39. The minimum atomic E-state index is -0.973. The predicted octanol–water partition coefficient (Wildman–Crippen LogP) is 1.02. The van der Waals surface area contributed by atoms with Crippen molar-refractivity contribution in [2.75, 3.05) is 7.11 Å². The molecule has 1 N–H and O–H groups in total. The molecule has 1 aliphatic rings. The van der Waals surface area contributed by atoms with Gasteiger partial charge in [-0.3, -0.25) is 0 Å². The molecular formula is C9H14O3. The molecule has 0 radical (unpaired) electrons. The number of aliphatic hydroxyl groups is 1. The van der Waals surface area contributed by atoms with E-state index in [0.717, 1.165) is 19.3 Å². The van der Waals surface area contributed by atoms with Gasteiger partial charge in [0.25, 0.3) is 0 Å². The average Bonchev–Trinajstić information content (AvgIpc) is 2.55. The summed E-state index contributed by atoms with van der Waals surface area (Å²) in [6.45, 7) is 0. The standard InChI is InChI=1S/C9H14O3/c1-12-9(11)8(10)6-7-4-2-3-5-7/h4,8,10H,2-3,5-6H2,1H3. The predicted molar refractivity (Wildman–Crippen MR) is 44.6 cm³/mol. The SMILES string of the molecule is COC(=O)C(O)CC1=CCCC1. The van der Waals surface area contributed by atoms with Gasteiger partial charge >= 0.3 is 5.97 Å². The van der Waals surface area contributed by atoms with E-state index in [2.05, 4.69) is 10.8 Å². The Morgan fingerprint density at radius 1 is 1.83 bits per heavy atom. The van der Waals surface area contributed by atoms with Gasteiger partial charge < -0.3 is 9.84 Å². The zero-order valence-corrected chi connectivity index (χ0v) is 7.25. The molecule has 1 atom stereocenters. The third kappa shape index (κ3) is 2.34. The monoisotopic (exact) mass is 170 g/mol. The highest BCUT2D eigenvalue weighted by Gasteiger charge is 2.18. The van der Waals surface area contributed by atoms with Crippen molar-refractivity contribution in [1.29, 1.82) is 0 Å². The van der Waals surface area contributed by atoms with E-state index < -0.39 is 12.1 Å². The molecule has 0 aromatic carbocycles. The second-order valence-electron chi connectivity index (χ2n) is 3.00. The molecule has 68 valence electrons. The molecule has 3 nitrogen and oxygen atoms in total. The fourth-order valence-corrected chi connectivity index (χ4v) is 1.39. The van der Waals surface area contributed by atoms with Crippen LogP contribution in [0.2, 0.25) is 0 Å². The van der Waals surface area contributed by atoms with Gasteiger partial charge in [0.2, 0.25) is 0 Å². The third-order valence-electron chi connectivity index (χ3n) is 2.06. The molecule has 1 aliphatic carbocycles. The lowest BCUT2D eigenvalue weighted by Gasteiger charge is -2.07. The highest BCUT2D eigenvalue weighted by atomic mass is 16.5. The molecule has 0 heterocycles. The molecule has 12 heavy (non-hydrogen) atoms. The number of carbonyl (C=O) groups is 1. The van der Waals surface area contributed by atoms with Gasteiger partial charge in [-0.25, -0.2) is 4.79 Å². The lowest BCUT2D eigenvalue weighted by molar-refractivity contribution is -0.150. The van der Waals surface area contributed by atoms with Gasteiger partial charge in [0.05, 0.1) is 7.11 Å². The summed E-state index contributed by atoms with van der Waals surface area (Å²) in [6, 6.07) is 0. The van der Waals surface area contributed by atoms with E-state index in [-0.39, 0.29) is 0 Å². The summed E-state index contributed by atoms with van der Waals surface area (Å²) in [5, 5.41) is 9.26. The number of hydrogen-bond donors (Lipinski definition) is 1. The Morgan fingerprint density at radius 3 is 3.08 bits per heavy atom. The first-order valence-electron chi connectivity index (χ1n) is 4.18. The fraction of sp³-hybridized carbons (Fsp3) is 0.667. The van der Waals surface area contributed by atoms with E-state index in [1.54, 1.807) is 0 Å². The number of carbonyl (C=O) groups excluding carboxylic acids is 1. The van der Waals surface area contributed by atoms with Crippen LogP contribution in [0.5, 0.6) is 0 Å². The molecule has 0 bridgehead atoms. The van der Waals surface area contributed by atoms with Gasteiger partial charge in [-0.1, -0.05) is 11.6 Å². The van der Waals surface area contributed by atoms with Crippen LogP contribution in [0.3, 0.4) is 0 Å². The molecule has 0 aliphatic heterocycles. The summed E-state index contributed by atoms with van der Waals surface area (Å²) in [5.74, 6) is -0.539. The van der Waals surface area contributed by atoms with Crippen LogP contribution in [0.1, 0.15) is 25.7 Å². The molecule has 0 aromatic rings. The Bertz CT molecular complexity index is 196. The maximum absolute atomic E-state index is 10.8. The summed E-state index contributed by atoms with van der Waals surface area (Å²) >= 11 is 0. The van der Waals surface area contributed by atoms with Crippen molar-refractivity contribution in [3.63, 3.8) is 0 Å². The van der Waals surface area contributed by atoms with Gasteiger partial charge in [-0.2, -0.15) is 0 Å². The Labute approximate surface area is 72.0 Å². The van der Waals surface area contributed by atoms with Crippen LogP contribution in [-0.2, 0) is 9.53 Å². The maximum atomic E-state index is 10.8. The molecule has 3 heteroatoms. The first kappa shape index (κ1) is 9.26. The van der Waals surface area contributed by atoms with Crippen LogP contribution >= 0.6 is 0 Å². The Balaban J connectivity index is 2.34. The smallest absolute Gasteiger partial charge is 0.335 e. The third-order valence-corrected chi connectivity index (χ3v) is 2.06. The molecule has 0 saturated carbocycles.